The Bertz CT molecular complexity index is 852. The molecule has 29 heavy (non-hydrogen) atoms. The molecule has 1 fully saturated rings. The van der Waals surface area contributed by atoms with E-state index in [1.807, 2.05) is 23.4 Å². The van der Waals surface area contributed by atoms with Gasteiger partial charge in [-0.05, 0) is 44.7 Å². The minimum Gasteiger partial charge on any atom is -0.349 e. The molecule has 0 bridgehead atoms. The summed E-state index contributed by atoms with van der Waals surface area (Å²) in [5, 5.41) is 7.68. The van der Waals surface area contributed by atoms with Crippen LogP contribution in [0.5, 0.6) is 0 Å². The number of hydrogen-bond acceptors (Lipinski definition) is 4. The van der Waals surface area contributed by atoms with Crippen molar-refractivity contribution in [3.8, 4) is 0 Å². The average Bonchev–Trinajstić information content (AvgIpc) is 2.96. The molecule has 1 N–H and O–H groups in total. The summed E-state index contributed by atoms with van der Waals surface area (Å²) < 4.78 is 2.02. The Kier molecular flexibility index (Phi) is 6.67. The third-order valence-corrected chi connectivity index (χ3v) is 5.52. The second-order valence-corrected chi connectivity index (χ2v) is 8.27. The van der Waals surface area contributed by atoms with E-state index in [0.717, 1.165) is 36.3 Å². The molecule has 0 unspecified atom stereocenters. The quantitative estimate of drug-likeness (QED) is 0.812. The monoisotopic (exact) mass is 397 g/mol. The maximum atomic E-state index is 12.8. The van der Waals surface area contributed by atoms with E-state index in [0.29, 0.717) is 31.0 Å². The van der Waals surface area contributed by atoms with Gasteiger partial charge in [0.15, 0.2) is 0 Å². The summed E-state index contributed by atoms with van der Waals surface area (Å²) in [6.07, 6.45) is 5.16. The van der Waals surface area contributed by atoms with E-state index < -0.39 is 0 Å². The fourth-order valence-electron chi connectivity index (χ4n) is 3.82. The van der Waals surface area contributed by atoms with Crippen molar-refractivity contribution in [2.45, 2.75) is 59.5 Å². The Hall–Kier alpha value is -2.70. The molecule has 1 saturated heterocycles. The number of likely N-dealkylation sites (tertiary alicyclic amines) is 1. The number of hydrogen-bond donors (Lipinski definition) is 1. The number of pyridine rings is 1. The summed E-state index contributed by atoms with van der Waals surface area (Å²) in [7, 11) is 0. The summed E-state index contributed by atoms with van der Waals surface area (Å²) in [6.45, 7) is 10.6. The molecule has 3 rings (SSSR count). The van der Waals surface area contributed by atoms with Crippen molar-refractivity contribution in [2.75, 3.05) is 13.1 Å². The van der Waals surface area contributed by atoms with Gasteiger partial charge in [-0.2, -0.15) is 5.10 Å². The zero-order chi connectivity index (χ0) is 21.0. The van der Waals surface area contributed by atoms with Gasteiger partial charge in [0, 0.05) is 54.9 Å². The zero-order valence-electron chi connectivity index (χ0n) is 17.8. The first-order chi connectivity index (χ1) is 13.8. The minimum absolute atomic E-state index is 0.0824. The number of carbonyl (C=O) groups excluding carboxylic acids is 2. The van der Waals surface area contributed by atoms with Crippen LogP contribution >= 0.6 is 0 Å². The lowest BCUT2D eigenvalue weighted by Gasteiger charge is -2.32. The molecule has 7 nitrogen and oxygen atoms in total. The van der Waals surface area contributed by atoms with Gasteiger partial charge in [-0.15, -0.1) is 0 Å². The van der Waals surface area contributed by atoms with Crippen LogP contribution in [0.2, 0.25) is 0 Å². The molecule has 2 amide bonds. The van der Waals surface area contributed by atoms with Gasteiger partial charge < -0.3 is 10.2 Å². The van der Waals surface area contributed by atoms with E-state index >= 15 is 0 Å². The SMILES string of the molecule is Cc1nn(CC(C)C)c(C)c1CC(=O)N1CCC(NC(=O)c2ccncc2)CC1. The van der Waals surface area contributed by atoms with Crippen molar-refractivity contribution in [2.24, 2.45) is 5.92 Å². The Morgan fingerprint density at radius 2 is 1.83 bits per heavy atom. The van der Waals surface area contributed by atoms with Crippen LogP contribution in [0.3, 0.4) is 0 Å². The van der Waals surface area contributed by atoms with Crippen LogP contribution in [0.15, 0.2) is 24.5 Å². The Balaban J connectivity index is 1.53. The van der Waals surface area contributed by atoms with Crippen molar-refractivity contribution in [3.05, 3.63) is 47.0 Å². The molecule has 1 aliphatic heterocycles. The second-order valence-electron chi connectivity index (χ2n) is 8.27. The number of nitrogens with zero attached hydrogens (tertiary/aromatic N) is 4. The number of carbonyl (C=O) groups is 2. The third-order valence-electron chi connectivity index (χ3n) is 5.52. The largest absolute Gasteiger partial charge is 0.349 e. The van der Waals surface area contributed by atoms with E-state index in [9.17, 15) is 9.59 Å². The van der Waals surface area contributed by atoms with E-state index in [2.05, 4.69) is 29.2 Å². The fourth-order valence-corrected chi connectivity index (χ4v) is 3.82. The molecular formula is C22H31N5O2. The van der Waals surface area contributed by atoms with E-state index in [4.69, 9.17) is 0 Å². The van der Waals surface area contributed by atoms with E-state index in [-0.39, 0.29) is 17.9 Å². The lowest BCUT2D eigenvalue weighted by atomic mass is 10.0. The second kappa shape index (κ2) is 9.20. The first-order valence-corrected chi connectivity index (χ1v) is 10.4. The predicted octanol–water partition coefficient (Wildman–Crippen LogP) is 2.51. The first-order valence-electron chi connectivity index (χ1n) is 10.4. The highest BCUT2D eigenvalue weighted by atomic mass is 16.2. The smallest absolute Gasteiger partial charge is 0.251 e. The van der Waals surface area contributed by atoms with Gasteiger partial charge in [-0.3, -0.25) is 19.3 Å². The summed E-state index contributed by atoms with van der Waals surface area (Å²) in [5.74, 6) is 0.568. The molecule has 0 atom stereocenters. The normalized spacial score (nSPS) is 15.0. The van der Waals surface area contributed by atoms with Crippen LogP contribution in [0.4, 0.5) is 0 Å². The van der Waals surface area contributed by atoms with Crippen LogP contribution < -0.4 is 5.32 Å². The average molecular weight is 398 g/mol. The Morgan fingerprint density at radius 1 is 1.17 bits per heavy atom. The summed E-state index contributed by atoms with van der Waals surface area (Å²) in [4.78, 5) is 31.0. The molecule has 0 spiro atoms. The minimum atomic E-state index is -0.0824. The molecule has 2 aromatic rings. The first kappa shape index (κ1) is 21.0. The molecule has 2 aromatic heterocycles. The molecule has 7 heteroatoms. The Morgan fingerprint density at radius 3 is 2.45 bits per heavy atom. The lowest BCUT2D eigenvalue weighted by Crippen LogP contribution is -2.47. The van der Waals surface area contributed by atoms with Crippen LogP contribution in [0.25, 0.3) is 0 Å². The molecule has 0 aromatic carbocycles. The highest BCUT2D eigenvalue weighted by Crippen LogP contribution is 2.18. The summed E-state index contributed by atoms with van der Waals surface area (Å²) in [5.41, 5.74) is 3.69. The lowest BCUT2D eigenvalue weighted by molar-refractivity contribution is -0.131. The topological polar surface area (TPSA) is 80.1 Å². The maximum Gasteiger partial charge on any atom is 0.251 e. The maximum absolute atomic E-state index is 12.8. The zero-order valence-corrected chi connectivity index (χ0v) is 17.8. The highest BCUT2D eigenvalue weighted by molar-refractivity contribution is 5.94. The van der Waals surface area contributed by atoms with E-state index in [1.165, 1.54) is 0 Å². The van der Waals surface area contributed by atoms with Gasteiger partial charge in [0.1, 0.15) is 0 Å². The number of aryl methyl sites for hydroxylation is 1. The number of amides is 2. The summed E-state index contributed by atoms with van der Waals surface area (Å²) >= 11 is 0. The van der Waals surface area contributed by atoms with Gasteiger partial charge >= 0.3 is 0 Å². The molecule has 1 aliphatic rings. The van der Waals surface area contributed by atoms with Crippen LogP contribution in [-0.2, 0) is 17.8 Å². The number of nitrogens with one attached hydrogen (secondary N) is 1. The van der Waals surface area contributed by atoms with Crippen molar-refractivity contribution in [3.63, 3.8) is 0 Å². The fraction of sp³-hybridized carbons (Fsp3) is 0.545. The number of piperidine rings is 1. The van der Waals surface area contributed by atoms with Gasteiger partial charge in [-0.1, -0.05) is 13.8 Å². The third kappa shape index (κ3) is 5.22. The van der Waals surface area contributed by atoms with E-state index in [1.54, 1.807) is 24.5 Å². The summed E-state index contributed by atoms with van der Waals surface area (Å²) in [6, 6.07) is 3.51. The highest BCUT2D eigenvalue weighted by Gasteiger charge is 2.25. The molecule has 0 saturated carbocycles. The predicted molar refractivity (Wildman–Crippen MR) is 112 cm³/mol. The van der Waals surface area contributed by atoms with Gasteiger partial charge in [0.2, 0.25) is 5.91 Å². The van der Waals surface area contributed by atoms with Crippen molar-refractivity contribution in [1.82, 2.24) is 25.0 Å². The van der Waals surface area contributed by atoms with Crippen LogP contribution in [0.1, 0.15) is 54.0 Å². The van der Waals surface area contributed by atoms with Gasteiger partial charge in [-0.25, -0.2) is 0 Å². The van der Waals surface area contributed by atoms with Gasteiger partial charge in [0.25, 0.3) is 5.91 Å². The van der Waals surface area contributed by atoms with Crippen LogP contribution in [0, 0.1) is 19.8 Å². The molecule has 0 aliphatic carbocycles. The van der Waals surface area contributed by atoms with Crippen molar-refractivity contribution >= 4 is 11.8 Å². The molecular weight excluding hydrogens is 366 g/mol. The molecule has 156 valence electrons. The number of aromatic nitrogens is 3. The van der Waals surface area contributed by atoms with Crippen LogP contribution in [-0.4, -0.2) is 50.6 Å². The van der Waals surface area contributed by atoms with Gasteiger partial charge in [0.05, 0.1) is 12.1 Å². The molecule has 3 heterocycles. The van der Waals surface area contributed by atoms with Crippen molar-refractivity contribution < 1.29 is 9.59 Å². The number of rotatable bonds is 6. The van der Waals surface area contributed by atoms with Crippen molar-refractivity contribution in [1.29, 1.82) is 0 Å². The molecule has 0 radical (unpaired) electrons. The Labute approximate surface area is 172 Å². The standard InChI is InChI=1S/C22H31N5O2/c1-15(2)14-27-17(4)20(16(3)25-27)13-21(28)26-11-7-19(8-12-26)24-22(29)18-5-9-23-10-6-18/h5-6,9-10,15,19H,7-8,11-14H2,1-4H3,(H,24,29).